The summed E-state index contributed by atoms with van der Waals surface area (Å²) in [7, 11) is 1.58. The Morgan fingerprint density at radius 1 is 1.33 bits per heavy atom. The summed E-state index contributed by atoms with van der Waals surface area (Å²) in [5, 5.41) is 2.79. The number of nitrogens with zero attached hydrogens (tertiary/aromatic N) is 2. The van der Waals surface area contributed by atoms with Crippen molar-refractivity contribution in [2.45, 2.75) is 39.0 Å². The molecule has 2 amide bonds. The predicted octanol–water partition coefficient (Wildman–Crippen LogP) is 2.30. The third-order valence-corrected chi connectivity index (χ3v) is 4.46. The first-order chi connectivity index (χ1) is 12.9. The molecule has 1 atom stereocenters. The lowest BCUT2D eigenvalue weighted by Crippen LogP contribution is -2.63. The van der Waals surface area contributed by atoms with Crippen LogP contribution in [0.15, 0.2) is 42.6 Å². The van der Waals surface area contributed by atoms with Crippen molar-refractivity contribution in [1.29, 1.82) is 0 Å². The minimum absolute atomic E-state index is 0.166. The van der Waals surface area contributed by atoms with Crippen molar-refractivity contribution in [1.82, 2.24) is 10.3 Å². The van der Waals surface area contributed by atoms with E-state index in [1.54, 1.807) is 25.4 Å². The summed E-state index contributed by atoms with van der Waals surface area (Å²) in [4.78, 5) is 31.7. The third-order valence-electron chi connectivity index (χ3n) is 4.46. The molecule has 0 bridgehead atoms. The smallest absolute Gasteiger partial charge is 0.282 e. The minimum Gasteiger partial charge on any atom is -0.497 e. The molecule has 0 spiro atoms. The van der Waals surface area contributed by atoms with Gasteiger partial charge in [0.25, 0.3) is 17.4 Å². The van der Waals surface area contributed by atoms with Gasteiger partial charge in [-0.05, 0) is 50.6 Å². The van der Waals surface area contributed by atoms with Gasteiger partial charge in [-0.25, -0.2) is 4.98 Å². The Morgan fingerprint density at radius 2 is 2.11 bits per heavy atom. The second-order valence-electron chi connectivity index (χ2n) is 6.76. The van der Waals surface area contributed by atoms with E-state index in [-0.39, 0.29) is 12.6 Å². The van der Waals surface area contributed by atoms with Gasteiger partial charge in [0.15, 0.2) is 11.6 Å². The van der Waals surface area contributed by atoms with E-state index >= 15 is 0 Å². The quantitative estimate of drug-likeness (QED) is 0.818. The highest BCUT2D eigenvalue weighted by Crippen LogP contribution is 2.37. The Kier molecular flexibility index (Phi) is 5.03. The number of hydrogen-bond acceptors (Lipinski definition) is 5. The third kappa shape index (κ3) is 3.45. The predicted molar refractivity (Wildman–Crippen MR) is 101 cm³/mol. The molecule has 0 radical (unpaired) electrons. The van der Waals surface area contributed by atoms with Gasteiger partial charge in [-0.1, -0.05) is 12.1 Å². The monoisotopic (exact) mass is 369 g/mol. The maximum absolute atomic E-state index is 13.1. The number of carbonyl (C=O) groups is 2. The van der Waals surface area contributed by atoms with Gasteiger partial charge in [-0.3, -0.25) is 14.5 Å². The van der Waals surface area contributed by atoms with Crippen LogP contribution in [0.5, 0.6) is 11.5 Å². The summed E-state index contributed by atoms with van der Waals surface area (Å²) in [5.74, 6) is 0.589. The van der Waals surface area contributed by atoms with Crippen LogP contribution in [-0.2, 0) is 16.1 Å². The number of hydrogen-bond donors (Lipinski definition) is 1. The number of benzene rings is 1. The van der Waals surface area contributed by atoms with E-state index in [4.69, 9.17) is 9.47 Å². The van der Waals surface area contributed by atoms with Crippen LogP contribution in [0, 0.1) is 0 Å². The summed E-state index contributed by atoms with van der Waals surface area (Å²) in [5.41, 5.74) is -0.809. The molecule has 7 heteroatoms. The highest BCUT2D eigenvalue weighted by Gasteiger charge is 2.51. The number of fused-ring (bicyclic) bond motifs is 1. The van der Waals surface area contributed by atoms with Crippen molar-refractivity contribution in [3.05, 3.63) is 48.2 Å². The van der Waals surface area contributed by atoms with Crippen molar-refractivity contribution < 1.29 is 19.1 Å². The first-order valence-electron chi connectivity index (χ1n) is 8.75. The molecule has 1 aliphatic rings. The first kappa shape index (κ1) is 18.7. The van der Waals surface area contributed by atoms with E-state index in [1.807, 2.05) is 38.1 Å². The second-order valence-corrected chi connectivity index (χ2v) is 6.76. The molecule has 1 aromatic carbocycles. The molecule has 0 aliphatic carbocycles. The first-order valence-corrected chi connectivity index (χ1v) is 8.75. The van der Waals surface area contributed by atoms with Crippen LogP contribution in [0.3, 0.4) is 0 Å². The van der Waals surface area contributed by atoms with Gasteiger partial charge < -0.3 is 14.8 Å². The molecule has 3 rings (SSSR count). The Labute approximate surface area is 158 Å². The zero-order valence-corrected chi connectivity index (χ0v) is 15.9. The fraction of sp³-hybridized carbons (Fsp3) is 0.350. The average molecular weight is 369 g/mol. The van der Waals surface area contributed by atoms with Gasteiger partial charge in [-0.15, -0.1) is 0 Å². The fourth-order valence-electron chi connectivity index (χ4n) is 2.99. The molecule has 27 heavy (non-hydrogen) atoms. The van der Waals surface area contributed by atoms with Crippen LogP contribution in [0.2, 0.25) is 0 Å². The molecule has 1 aliphatic heterocycles. The van der Waals surface area contributed by atoms with Crippen LogP contribution in [-0.4, -0.2) is 35.6 Å². The maximum atomic E-state index is 13.1. The van der Waals surface area contributed by atoms with Crippen molar-refractivity contribution in [2.75, 3.05) is 12.0 Å². The molecule has 0 fully saturated rings. The molecule has 142 valence electrons. The number of anilines is 1. The van der Waals surface area contributed by atoms with Crippen molar-refractivity contribution in [3.8, 4) is 11.5 Å². The molecule has 0 saturated heterocycles. The van der Waals surface area contributed by atoms with Crippen molar-refractivity contribution in [3.63, 3.8) is 0 Å². The number of ether oxygens (including phenoxy) is 2. The second kappa shape index (κ2) is 7.26. The van der Waals surface area contributed by atoms with Gasteiger partial charge in [0.05, 0.1) is 7.11 Å². The molecular weight excluding hydrogens is 346 g/mol. The van der Waals surface area contributed by atoms with Gasteiger partial charge >= 0.3 is 0 Å². The Morgan fingerprint density at radius 3 is 2.81 bits per heavy atom. The van der Waals surface area contributed by atoms with E-state index < -0.39 is 17.4 Å². The normalized spacial score (nSPS) is 18.7. The Bertz CT molecular complexity index is 868. The molecule has 1 aromatic heterocycles. The van der Waals surface area contributed by atoms with Crippen molar-refractivity contribution in [2.24, 2.45) is 0 Å². The van der Waals surface area contributed by atoms with Crippen LogP contribution in [0.1, 0.15) is 26.3 Å². The standard InChI is InChI=1S/C20H23N3O4/c1-13(2)23-17-16(9-6-10-21-17)27-20(3,19(23)25)18(24)22-12-14-7-5-8-15(11-14)26-4/h5-11,13H,12H2,1-4H3,(H,22,24)/t20-/m1/s1. The van der Waals surface area contributed by atoms with Crippen molar-refractivity contribution >= 4 is 17.6 Å². The summed E-state index contributed by atoms with van der Waals surface area (Å²) in [6.45, 7) is 5.48. The number of pyridine rings is 1. The summed E-state index contributed by atoms with van der Waals surface area (Å²) >= 11 is 0. The Hall–Kier alpha value is -3.09. The number of rotatable bonds is 5. The molecule has 1 N–H and O–H groups in total. The largest absolute Gasteiger partial charge is 0.497 e. The van der Waals surface area contributed by atoms with Gasteiger partial charge in [0.2, 0.25) is 0 Å². The van der Waals surface area contributed by atoms with Gasteiger partial charge in [0, 0.05) is 18.8 Å². The number of methoxy groups -OCH3 is 1. The molecule has 0 saturated carbocycles. The topological polar surface area (TPSA) is 80.8 Å². The van der Waals surface area contributed by atoms with E-state index in [0.29, 0.717) is 17.3 Å². The highest BCUT2D eigenvalue weighted by atomic mass is 16.5. The minimum atomic E-state index is -1.67. The fourth-order valence-corrected chi connectivity index (χ4v) is 2.99. The number of aromatic nitrogens is 1. The van der Waals surface area contributed by atoms with Crippen LogP contribution in [0.4, 0.5) is 5.82 Å². The lowest BCUT2D eigenvalue weighted by Gasteiger charge is -2.40. The average Bonchev–Trinajstić information content (AvgIpc) is 2.66. The van der Waals surface area contributed by atoms with Gasteiger partial charge in [-0.2, -0.15) is 0 Å². The van der Waals surface area contributed by atoms with E-state index in [0.717, 1.165) is 5.56 Å². The molecule has 7 nitrogen and oxygen atoms in total. The molecule has 2 heterocycles. The van der Waals surface area contributed by atoms with Crippen LogP contribution >= 0.6 is 0 Å². The zero-order valence-electron chi connectivity index (χ0n) is 15.9. The van der Waals surface area contributed by atoms with Gasteiger partial charge in [0.1, 0.15) is 5.75 Å². The summed E-state index contributed by atoms with van der Waals surface area (Å²) in [6, 6.07) is 10.6. The molecule has 2 aromatic rings. The van der Waals surface area contributed by atoms with E-state index in [1.165, 1.54) is 11.8 Å². The number of nitrogens with one attached hydrogen (secondary N) is 1. The molecular formula is C20H23N3O4. The van der Waals surface area contributed by atoms with E-state index in [2.05, 4.69) is 10.3 Å². The lowest BCUT2D eigenvalue weighted by atomic mass is 9.99. The summed E-state index contributed by atoms with van der Waals surface area (Å²) in [6.07, 6.45) is 1.59. The SMILES string of the molecule is COc1cccc(CNC(=O)[C@@]2(C)Oc3cccnc3N(C(C)C)C2=O)c1. The summed E-state index contributed by atoms with van der Waals surface area (Å²) < 4.78 is 11.0. The van der Waals surface area contributed by atoms with Crippen LogP contribution < -0.4 is 19.7 Å². The zero-order chi connectivity index (χ0) is 19.6. The number of amides is 2. The highest BCUT2D eigenvalue weighted by molar-refractivity contribution is 6.16. The Balaban J connectivity index is 1.84. The van der Waals surface area contributed by atoms with E-state index in [9.17, 15) is 9.59 Å². The lowest BCUT2D eigenvalue weighted by molar-refractivity contribution is -0.148. The van der Waals surface area contributed by atoms with Crippen LogP contribution in [0.25, 0.3) is 0 Å². The number of carbonyl (C=O) groups excluding carboxylic acids is 2. The molecule has 0 unspecified atom stereocenters. The maximum Gasteiger partial charge on any atom is 0.282 e.